The molecule has 0 aromatic heterocycles. The lowest BCUT2D eigenvalue weighted by molar-refractivity contribution is -0.155. The molecule has 5 nitrogen and oxygen atoms in total. The van der Waals surface area contributed by atoms with Crippen molar-refractivity contribution in [1.29, 1.82) is 0 Å². The standard InChI is InChI=1S/C18H16F4N2O3S/c1-2-10-23-28(26,27)15-5-3-4-13(11-15)17(25)24-16(18(20,21)22)12-6-8-14(19)9-7-12/h2-9,11,16,23H,1,10H2,(H,24,25). The largest absolute Gasteiger partial charge is 0.412 e. The molecule has 0 aliphatic rings. The monoisotopic (exact) mass is 416 g/mol. The minimum absolute atomic E-state index is 0.0561. The molecular formula is C18H16F4N2O3S. The maximum Gasteiger partial charge on any atom is 0.412 e. The average molecular weight is 416 g/mol. The number of amides is 1. The summed E-state index contributed by atoms with van der Waals surface area (Å²) in [6, 6.07) is 5.69. The molecule has 0 saturated heterocycles. The van der Waals surface area contributed by atoms with Gasteiger partial charge in [-0.25, -0.2) is 17.5 Å². The summed E-state index contributed by atoms with van der Waals surface area (Å²) in [6.07, 6.45) is -3.53. The molecule has 0 spiro atoms. The average Bonchev–Trinajstić information content (AvgIpc) is 2.64. The van der Waals surface area contributed by atoms with Gasteiger partial charge in [-0.3, -0.25) is 4.79 Å². The van der Waals surface area contributed by atoms with E-state index in [1.165, 1.54) is 24.3 Å². The Kier molecular flexibility index (Phi) is 6.57. The van der Waals surface area contributed by atoms with Crippen LogP contribution in [0.15, 0.2) is 66.1 Å². The fourth-order valence-corrected chi connectivity index (χ4v) is 3.32. The van der Waals surface area contributed by atoms with E-state index in [9.17, 15) is 30.8 Å². The third kappa shape index (κ3) is 5.40. The highest BCUT2D eigenvalue weighted by Gasteiger charge is 2.42. The summed E-state index contributed by atoms with van der Waals surface area (Å²) < 4.78 is 79.5. The summed E-state index contributed by atoms with van der Waals surface area (Å²) in [4.78, 5) is 12.0. The fraction of sp³-hybridized carbons (Fsp3) is 0.167. The zero-order valence-corrected chi connectivity index (χ0v) is 15.1. The Labute approximate surface area is 159 Å². The van der Waals surface area contributed by atoms with Crippen LogP contribution in [0.5, 0.6) is 0 Å². The number of hydrogen-bond acceptors (Lipinski definition) is 3. The SMILES string of the molecule is C=CCNS(=O)(=O)c1cccc(C(=O)NC(c2ccc(F)cc2)C(F)(F)F)c1. The van der Waals surface area contributed by atoms with E-state index >= 15 is 0 Å². The van der Waals surface area contributed by atoms with Crippen molar-refractivity contribution in [1.82, 2.24) is 10.0 Å². The van der Waals surface area contributed by atoms with Crippen LogP contribution in [0.3, 0.4) is 0 Å². The van der Waals surface area contributed by atoms with E-state index in [4.69, 9.17) is 0 Å². The molecule has 1 amide bonds. The maximum absolute atomic E-state index is 13.4. The van der Waals surface area contributed by atoms with E-state index < -0.39 is 34.0 Å². The molecule has 10 heteroatoms. The topological polar surface area (TPSA) is 75.3 Å². The van der Waals surface area contributed by atoms with Crippen LogP contribution in [0.25, 0.3) is 0 Å². The highest BCUT2D eigenvalue weighted by Crippen LogP contribution is 2.33. The lowest BCUT2D eigenvalue weighted by atomic mass is 10.1. The van der Waals surface area contributed by atoms with Gasteiger partial charge < -0.3 is 5.32 Å². The van der Waals surface area contributed by atoms with Gasteiger partial charge in [0.25, 0.3) is 5.91 Å². The van der Waals surface area contributed by atoms with Gasteiger partial charge in [0.2, 0.25) is 10.0 Å². The summed E-state index contributed by atoms with van der Waals surface area (Å²) >= 11 is 0. The number of sulfonamides is 1. The molecule has 1 unspecified atom stereocenters. The highest BCUT2D eigenvalue weighted by atomic mass is 32.2. The van der Waals surface area contributed by atoms with Crippen molar-refractivity contribution in [3.63, 3.8) is 0 Å². The van der Waals surface area contributed by atoms with Gasteiger partial charge in [0.15, 0.2) is 6.04 Å². The number of carbonyl (C=O) groups excluding carboxylic acids is 1. The third-order valence-corrected chi connectivity index (χ3v) is 5.05. The molecule has 0 aliphatic carbocycles. The Morgan fingerprint density at radius 2 is 1.79 bits per heavy atom. The first-order valence-electron chi connectivity index (χ1n) is 7.88. The summed E-state index contributed by atoms with van der Waals surface area (Å²) in [6.45, 7) is 3.32. The fourth-order valence-electron chi connectivity index (χ4n) is 2.28. The van der Waals surface area contributed by atoms with Gasteiger partial charge in [0, 0.05) is 12.1 Å². The van der Waals surface area contributed by atoms with Gasteiger partial charge in [0.1, 0.15) is 5.82 Å². The Balaban J connectivity index is 2.30. The Morgan fingerprint density at radius 1 is 1.14 bits per heavy atom. The van der Waals surface area contributed by atoms with E-state index in [0.29, 0.717) is 0 Å². The normalized spacial score (nSPS) is 13.0. The van der Waals surface area contributed by atoms with Gasteiger partial charge in [-0.15, -0.1) is 6.58 Å². The van der Waals surface area contributed by atoms with Gasteiger partial charge in [-0.1, -0.05) is 24.3 Å². The van der Waals surface area contributed by atoms with Crippen LogP contribution in [0.1, 0.15) is 22.0 Å². The van der Waals surface area contributed by atoms with Crippen molar-refractivity contribution >= 4 is 15.9 Å². The lowest BCUT2D eigenvalue weighted by Gasteiger charge is -2.22. The van der Waals surface area contributed by atoms with Crippen molar-refractivity contribution in [3.05, 3.63) is 78.1 Å². The maximum atomic E-state index is 13.4. The summed E-state index contributed by atoms with van der Waals surface area (Å²) in [5.41, 5.74) is -0.642. The number of alkyl halides is 3. The number of rotatable bonds is 7. The van der Waals surface area contributed by atoms with Crippen molar-refractivity contribution in [2.45, 2.75) is 17.1 Å². The first-order valence-corrected chi connectivity index (χ1v) is 9.36. The number of hydrogen-bond donors (Lipinski definition) is 2. The van der Waals surface area contributed by atoms with Gasteiger partial charge in [-0.2, -0.15) is 13.2 Å². The molecular weight excluding hydrogens is 400 g/mol. The predicted octanol–water partition coefficient (Wildman–Crippen LogP) is 3.32. The molecule has 150 valence electrons. The molecule has 2 rings (SSSR count). The lowest BCUT2D eigenvalue weighted by Crippen LogP contribution is -2.38. The molecule has 2 N–H and O–H groups in total. The van der Waals surface area contributed by atoms with Gasteiger partial charge in [-0.05, 0) is 35.9 Å². The van der Waals surface area contributed by atoms with Crippen LogP contribution in [0.4, 0.5) is 17.6 Å². The molecule has 28 heavy (non-hydrogen) atoms. The van der Waals surface area contributed by atoms with Crippen molar-refractivity contribution in [2.24, 2.45) is 0 Å². The highest BCUT2D eigenvalue weighted by molar-refractivity contribution is 7.89. The quantitative estimate of drug-likeness (QED) is 0.537. The number of nitrogens with one attached hydrogen (secondary N) is 2. The predicted molar refractivity (Wildman–Crippen MR) is 94.5 cm³/mol. The van der Waals surface area contributed by atoms with Crippen LogP contribution in [-0.2, 0) is 10.0 Å². The molecule has 0 heterocycles. The first-order chi connectivity index (χ1) is 13.0. The second kappa shape index (κ2) is 8.53. The second-order valence-corrected chi connectivity index (χ2v) is 7.43. The van der Waals surface area contributed by atoms with Crippen molar-refractivity contribution in [2.75, 3.05) is 6.54 Å². The number of carbonyl (C=O) groups is 1. The zero-order valence-electron chi connectivity index (χ0n) is 14.3. The Bertz CT molecular complexity index is 958. The molecule has 0 bridgehead atoms. The third-order valence-electron chi connectivity index (χ3n) is 3.63. The van der Waals surface area contributed by atoms with Gasteiger partial charge >= 0.3 is 6.18 Å². The summed E-state index contributed by atoms with van der Waals surface area (Å²) in [7, 11) is -3.96. The van der Waals surface area contributed by atoms with Crippen molar-refractivity contribution < 1.29 is 30.8 Å². The molecule has 0 fully saturated rings. The Hall–Kier alpha value is -2.72. The van der Waals surface area contributed by atoms with Crippen LogP contribution < -0.4 is 10.0 Å². The minimum atomic E-state index is -4.84. The number of halogens is 4. The smallest absolute Gasteiger partial charge is 0.337 e. The number of benzene rings is 2. The van der Waals surface area contributed by atoms with E-state index in [1.807, 2.05) is 5.32 Å². The van der Waals surface area contributed by atoms with Crippen LogP contribution in [0, 0.1) is 5.82 Å². The zero-order chi connectivity index (χ0) is 20.9. The van der Waals surface area contributed by atoms with E-state index in [1.54, 1.807) is 0 Å². The molecule has 0 saturated carbocycles. The summed E-state index contributed by atoms with van der Waals surface area (Å²) in [5, 5.41) is 1.81. The molecule has 1 atom stereocenters. The van der Waals surface area contributed by atoms with E-state index in [2.05, 4.69) is 11.3 Å². The molecule has 0 aliphatic heterocycles. The van der Waals surface area contributed by atoms with Crippen LogP contribution >= 0.6 is 0 Å². The van der Waals surface area contributed by atoms with Crippen LogP contribution in [0.2, 0.25) is 0 Å². The molecule has 2 aromatic carbocycles. The second-order valence-electron chi connectivity index (χ2n) is 5.67. The van der Waals surface area contributed by atoms with E-state index in [-0.39, 0.29) is 22.6 Å². The molecule has 0 radical (unpaired) electrons. The van der Waals surface area contributed by atoms with E-state index in [0.717, 1.165) is 30.3 Å². The van der Waals surface area contributed by atoms with Crippen LogP contribution in [-0.4, -0.2) is 27.0 Å². The Morgan fingerprint density at radius 3 is 2.36 bits per heavy atom. The summed E-state index contributed by atoms with van der Waals surface area (Å²) in [5.74, 6) is -1.85. The minimum Gasteiger partial charge on any atom is -0.337 e. The van der Waals surface area contributed by atoms with Gasteiger partial charge in [0.05, 0.1) is 4.90 Å². The first kappa shape index (κ1) is 21.6. The van der Waals surface area contributed by atoms with Crippen molar-refractivity contribution in [3.8, 4) is 0 Å². The molecule has 2 aromatic rings.